The van der Waals surface area contributed by atoms with Gasteiger partial charge < -0.3 is 10.3 Å². The van der Waals surface area contributed by atoms with Crippen LogP contribution in [0.5, 0.6) is 0 Å². The fourth-order valence-electron chi connectivity index (χ4n) is 2.47. The SMILES string of the molecule is Cc1c(Br)c2ccccc2n1Cc1ccc(Cl)c(N)c1. The van der Waals surface area contributed by atoms with Gasteiger partial charge in [0.05, 0.1) is 10.7 Å². The molecule has 0 aliphatic heterocycles. The van der Waals surface area contributed by atoms with E-state index in [9.17, 15) is 0 Å². The second-order valence-corrected chi connectivity index (χ2v) is 6.06. The molecular weight excluding hydrogens is 336 g/mol. The van der Waals surface area contributed by atoms with E-state index in [-0.39, 0.29) is 0 Å². The minimum absolute atomic E-state index is 0.601. The molecule has 0 bridgehead atoms. The van der Waals surface area contributed by atoms with Crippen LogP contribution in [0.25, 0.3) is 10.9 Å². The summed E-state index contributed by atoms with van der Waals surface area (Å²) in [6.07, 6.45) is 0. The molecule has 2 nitrogen and oxygen atoms in total. The lowest BCUT2D eigenvalue weighted by Crippen LogP contribution is -2.02. The summed E-state index contributed by atoms with van der Waals surface area (Å²) in [4.78, 5) is 0. The van der Waals surface area contributed by atoms with E-state index in [1.165, 1.54) is 16.6 Å². The number of anilines is 1. The van der Waals surface area contributed by atoms with Crippen LogP contribution >= 0.6 is 27.5 Å². The first-order valence-corrected chi connectivity index (χ1v) is 7.52. The van der Waals surface area contributed by atoms with Gasteiger partial charge in [0.1, 0.15) is 0 Å². The highest BCUT2D eigenvalue weighted by atomic mass is 79.9. The van der Waals surface area contributed by atoms with Crippen molar-refractivity contribution >= 4 is 44.1 Å². The van der Waals surface area contributed by atoms with E-state index >= 15 is 0 Å². The first-order chi connectivity index (χ1) is 9.58. The molecule has 0 aliphatic carbocycles. The second kappa shape index (κ2) is 5.15. The summed E-state index contributed by atoms with van der Waals surface area (Å²) in [7, 11) is 0. The number of rotatable bonds is 2. The Kier molecular flexibility index (Phi) is 3.48. The van der Waals surface area contributed by atoms with E-state index in [1.54, 1.807) is 0 Å². The zero-order valence-electron chi connectivity index (χ0n) is 11.0. The molecular formula is C16H14BrClN2. The molecule has 1 heterocycles. The van der Waals surface area contributed by atoms with Crippen LogP contribution in [0.4, 0.5) is 5.69 Å². The van der Waals surface area contributed by atoms with Crippen molar-refractivity contribution in [1.82, 2.24) is 4.57 Å². The summed E-state index contributed by atoms with van der Waals surface area (Å²) in [6, 6.07) is 14.2. The summed E-state index contributed by atoms with van der Waals surface area (Å²) in [5, 5.41) is 1.83. The number of hydrogen-bond acceptors (Lipinski definition) is 1. The van der Waals surface area contributed by atoms with Crippen molar-refractivity contribution in [1.29, 1.82) is 0 Å². The average Bonchev–Trinajstić information content (AvgIpc) is 2.69. The quantitative estimate of drug-likeness (QED) is 0.649. The van der Waals surface area contributed by atoms with Crippen LogP contribution in [0.15, 0.2) is 46.9 Å². The third-order valence-corrected chi connectivity index (χ3v) is 4.90. The predicted molar refractivity (Wildman–Crippen MR) is 89.3 cm³/mol. The Balaban J connectivity index is 2.10. The van der Waals surface area contributed by atoms with Crippen LogP contribution in [0.1, 0.15) is 11.3 Å². The van der Waals surface area contributed by atoms with E-state index in [4.69, 9.17) is 17.3 Å². The van der Waals surface area contributed by atoms with E-state index < -0.39 is 0 Å². The van der Waals surface area contributed by atoms with Crippen LogP contribution in [0.3, 0.4) is 0 Å². The molecule has 2 N–H and O–H groups in total. The Morgan fingerprint density at radius 3 is 2.70 bits per heavy atom. The molecule has 0 radical (unpaired) electrons. The first-order valence-electron chi connectivity index (χ1n) is 6.35. The van der Waals surface area contributed by atoms with E-state index in [0.717, 1.165) is 16.6 Å². The highest BCUT2D eigenvalue weighted by Crippen LogP contribution is 2.31. The van der Waals surface area contributed by atoms with Crippen molar-refractivity contribution in [2.45, 2.75) is 13.5 Å². The van der Waals surface area contributed by atoms with E-state index in [1.807, 2.05) is 18.2 Å². The number of nitrogens with zero attached hydrogens (tertiary/aromatic N) is 1. The molecule has 0 amide bonds. The number of benzene rings is 2. The van der Waals surface area contributed by atoms with Gasteiger partial charge in [0.25, 0.3) is 0 Å². The smallest absolute Gasteiger partial charge is 0.0635 e. The third-order valence-electron chi connectivity index (χ3n) is 3.55. The average molecular weight is 350 g/mol. The van der Waals surface area contributed by atoms with Gasteiger partial charge in [0.2, 0.25) is 0 Å². The third kappa shape index (κ3) is 2.21. The number of hydrogen-bond donors (Lipinski definition) is 1. The van der Waals surface area contributed by atoms with Gasteiger partial charge in [-0.15, -0.1) is 0 Å². The number of halogens is 2. The minimum atomic E-state index is 0.601. The van der Waals surface area contributed by atoms with Crippen molar-refractivity contribution in [2.75, 3.05) is 5.73 Å². The van der Waals surface area contributed by atoms with Crippen LogP contribution in [-0.2, 0) is 6.54 Å². The Morgan fingerprint density at radius 1 is 1.20 bits per heavy atom. The van der Waals surface area contributed by atoms with Gasteiger partial charge >= 0.3 is 0 Å². The highest BCUT2D eigenvalue weighted by Gasteiger charge is 2.11. The Hall–Kier alpha value is -1.45. The molecule has 20 heavy (non-hydrogen) atoms. The van der Waals surface area contributed by atoms with Gasteiger partial charge in [0, 0.05) is 27.6 Å². The lowest BCUT2D eigenvalue weighted by molar-refractivity contribution is 0.803. The maximum atomic E-state index is 5.97. The van der Waals surface area contributed by atoms with E-state index in [0.29, 0.717) is 10.7 Å². The summed E-state index contributed by atoms with van der Waals surface area (Å²) in [5.74, 6) is 0. The Labute approximate surface area is 131 Å². The van der Waals surface area contributed by atoms with Gasteiger partial charge in [-0.05, 0) is 46.6 Å². The number of fused-ring (bicyclic) bond motifs is 1. The summed E-state index contributed by atoms with van der Waals surface area (Å²) in [6.45, 7) is 2.89. The van der Waals surface area contributed by atoms with Crippen molar-refractivity contribution in [3.63, 3.8) is 0 Å². The maximum absolute atomic E-state index is 5.97. The molecule has 102 valence electrons. The molecule has 0 spiro atoms. The number of nitrogen functional groups attached to an aromatic ring is 1. The van der Waals surface area contributed by atoms with Gasteiger partial charge in [-0.1, -0.05) is 35.9 Å². The first kappa shape index (κ1) is 13.5. The molecule has 3 rings (SSSR count). The summed E-state index contributed by atoms with van der Waals surface area (Å²) < 4.78 is 3.43. The molecule has 0 atom stereocenters. The maximum Gasteiger partial charge on any atom is 0.0635 e. The fourth-order valence-corrected chi connectivity index (χ4v) is 3.13. The minimum Gasteiger partial charge on any atom is -0.398 e. The van der Waals surface area contributed by atoms with Gasteiger partial charge in [0.15, 0.2) is 0 Å². The predicted octanol–water partition coefficient (Wildman–Crippen LogP) is 5.00. The largest absolute Gasteiger partial charge is 0.398 e. The topological polar surface area (TPSA) is 30.9 Å². The van der Waals surface area contributed by atoms with E-state index in [2.05, 4.69) is 51.7 Å². The van der Waals surface area contributed by atoms with Crippen molar-refractivity contribution in [3.8, 4) is 0 Å². The number of aromatic nitrogens is 1. The summed E-state index contributed by atoms with van der Waals surface area (Å²) >= 11 is 9.65. The molecule has 0 saturated carbocycles. The molecule has 0 fully saturated rings. The fraction of sp³-hybridized carbons (Fsp3) is 0.125. The van der Waals surface area contributed by atoms with Crippen LogP contribution in [0.2, 0.25) is 5.02 Å². The molecule has 2 aromatic carbocycles. The van der Waals surface area contributed by atoms with Gasteiger partial charge in [-0.2, -0.15) is 0 Å². The number of para-hydroxylation sites is 1. The Morgan fingerprint density at radius 2 is 1.95 bits per heavy atom. The lowest BCUT2D eigenvalue weighted by Gasteiger charge is -2.10. The standard InChI is InChI=1S/C16H14BrClN2/c1-10-16(17)12-4-2-3-5-15(12)20(10)9-11-6-7-13(18)14(19)8-11/h2-8H,9,19H2,1H3. The zero-order valence-corrected chi connectivity index (χ0v) is 13.4. The van der Waals surface area contributed by atoms with Crippen LogP contribution in [0, 0.1) is 6.92 Å². The van der Waals surface area contributed by atoms with Crippen molar-refractivity contribution in [3.05, 3.63) is 63.2 Å². The Bertz CT molecular complexity index is 793. The monoisotopic (exact) mass is 348 g/mol. The highest BCUT2D eigenvalue weighted by molar-refractivity contribution is 9.10. The summed E-state index contributed by atoms with van der Waals surface area (Å²) in [5.41, 5.74) is 10.1. The molecule has 4 heteroatoms. The molecule has 1 aromatic heterocycles. The number of nitrogens with two attached hydrogens (primary N) is 1. The molecule has 0 aliphatic rings. The second-order valence-electron chi connectivity index (χ2n) is 4.86. The lowest BCUT2D eigenvalue weighted by atomic mass is 10.2. The van der Waals surface area contributed by atoms with Crippen LogP contribution < -0.4 is 5.73 Å². The normalized spacial score (nSPS) is 11.2. The van der Waals surface area contributed by atoms with Gasteiger partial charge in [-0.3, -0.25) is 0 Å². The molecule has 3 aromatic rings. The van der Waals surface area contributed by atoms with Crippen molar-refractivity contribution < 1.29 is 0 Å². The molecule has 0 unspecified atom stereocenters. The molecule has 0 saturated heterocycles. The zero-order chi connectivity index (χ0) is 14.3. The van der Waals surface area contributed by atoms with Crippen LogP contribution in [-0.4, -0.2) is 4.57 Å². The van der Waals surface area contributed by atoms with Crippen molar-refractivity contribution in [2.24, 2.45) is 0 Å². The van der Waals surface area contributed by atoms with Gasteiger partial charge in [-0.25, -0.2) is 0 Å².